The van der Waals surface area contributed by atoms with Crippen molar-refractivity contribution in [3.63, 3.8) is 0 Å². The number of hydrogen-bond donors (Lipinski definition) is 1. The van der Waals surface area contributed by atoms with Crippen LogP contribution in [0.25, 0.3) is 0 Å². The van der Waals surface area contributed by atoms with E-state index < -0.39 is 0 Å². The topological polar surface area (TPSA) is 60.5 Å². The summed E-state index contributed by atoms with van der Waals surface area (Å²) in [6, 6.07) is 11.9. The number of nitrogens with zero attached hydrogens (tertiary/aromatic N) is 1. The number of benzene rings is 1. The van der Waals surface area contributed by atoms with Crippen molar-refractivity contribution in [2.75, 3.05) is 0 Å². The largest absolute Gasteiger partial charge is 0.487 e. The molecule has 0 aliphatic carbocycles. The van der Waals surface area contributed by atoms with E-state index >= 15 is 0 Å². The summed E-state index contributed by atoms with van der Waals surface area (Å²) in [6.07, 6.45) is 5.20. The maximum Gasteiger partial charge on any atom is 0.223 e. The molecule has 3 rings (SSSR count). The zero-order valence-corrected chi connectivity index (χ0v) is 15.4. The Bertz CT molecular complexity index is 710. The van der Waals surface area contributed by atoms with Crippen LogP contribution in [0, 0.1) is 5.92 Å². The van der Waals surface area contributed by atoms with Gasteiger partial charge in [0.1, 0.15) is 12.4 Å². The van der Waals surface area contributed by atoms with Gasteiger partial charge in [-0.2, -0.15) is 0 Å². The molecule has 2 heterocycles. The first kappa shape index (κ1) is 18.4. The number of ether oxygens (including phenoxy) is 2. The third kappa shape index (κ3) is 5.05. The predicted molar refractivity (Wildman–Crippen MR) is 99.6 cm³/mol. The van der Waals surface area contributed by atoms with E-state index in [1.54, 1.807) is 12.4 Å². The standard InChI is InChI=1S/C21H26N2O3/c1-15-10-19(11-16(2)26-15)21(24)23-12-18-8-9-22-13-20(18)25-14-17-6-4-3-5-7-17/h3-9,13,15-16,19H,10-12,14H2,1-2H3,(H,23,24)/t15-,16+,19?. The molecule has 26 heavy (non-hydrogen) atoms. The van der Waals surface area contributed by atoms with Crippen LogP contribution in [0.15, 0.2) is 48.8 Å². The molecule has 1 saturated heterocycles. The van der Waals surface area contributed by atoms with Crippen molar-refractivity contribution in [2.24, 2.45) is 5.92 Å². The molecule has 138 valence electrons. The number of carbonyl (C=O) groups excluding carboxylic acids is 1. The van der Waals surface area contributed by atoms with Crippen LogP contribution in [-0.2, 0) is 22.7 Å². The third-order valence-electron chi connectivity index (χ3n) is 4.63. The number of aromatic nitrogens is 1. The van der Waals surface area contributed by atoms with Gasteiger partial charge in [-0.05, 0) is 38.3 Å². The summed E-state index contributed by atoms with van der Waals surface area (Å²) < 4.78 is 11.6. The smallest absolute Gasteiger partial charge is 0.223 e. The molecule has 0 radical (unpaired) electrons. The second-order valence-electron chi connectivity index (χ2n) is 6.90. The second kappa shape index (κ2) is 8.81. The van der Waals surface area contributed by atoms with Crippen molar-refractivity contribution in [2.45, 2.75) is 52.0 Å². The van der Waals surface area contributed by atoms with E-state index in [9.17, 15) is 4.79 Å². The molecular formula is C21H26N2O3. The Morgan fingerprint density at radius 3 is 2.65 bits per heavy atom. The summed E-state index contributed by atoms with van der Waals surface area (Å²) in [5.41, 5.74) is 2.02. The maximum atomic E-state index is 12.5. The number of hydrogen-bond acceptors (Lipinski definition) is 4. The third-order valence-corrected chi connectivity index (χ3v) is 4.63. The number of nitrogens with one attached hydrogen (secondary N) is 1. The highest BCUT2D eigenvalue weighted by atomic mass is 16.5. The molecule has 5 nitrogen and oxygen atoms in total. The van der Waals surface area contributed by atoms with Crippen molar-refractivity contribution in [3.05, 3.63) is 59.9 Å². The molecule has 2 aromatic rings. The van der Waals surface area contributed by atoms with Crippen LogP contribution in [0.3, 0.4) is 0 Å². The van der Waals surface area contributed by atoms with E-state index in [-0.39, 0.29) is 24.0 Å². The van der Waals surface area contributed by atoms with Crippen LogP contribution in [0.5, 0.6) is 5.75 Å². The van der Waals surface area contributed by atoms with Crippen LogP contribution >= 0.6 is 0 Å². The number of pyridine rings is 1. The van der Waals surface area contributed by atoms with Crippen LogP contribution in [-0.4, -0.2) is 23.1 Å². The molecule has 5 heteroatoms. The highest BCUT2D eigenvalue weighted by molar-refractivity contribution is 5.78. The number of amides is 1. The van der Waals surface area contributed by atoms with Crippen LogP contribution < -0.4 is 10.1 Å². The fourth-order valence-electron chi connectivity index (χ4n) is 3.37. The second-order valence-corrected chi connectivity index (χ2v) is 6.90. The van der Waals surface area contributed by atoms with Crippen molar-refractivity contribution in [1.29, 1.82) is 0 Å². The Morgan fingerprint density at radius 1 is 1.19 bits per heavy atom. The van der Waals surface area contributed by atoms with E-state index in [0.29, 0.717) is 18.9 Å². The van der Waals surface area contributed by atoms with Gasteiger partial charge in [0.05, 0.1) is 18.4 Å². The Labute approximate surface area is 154 Å². The lowest BCUT2D eigenvalue weighted by molar-refractivity contribution is -0.133. The molecular weight excluding hydrogens is 328 g/mol. The lowest BCUT2D eigenvalue weighted by Crippen LogP contribution is -2.39. The van der Waals surface area contributed by atoms with Gasteiger partial charge >= 0.3 is 0 Å². The van der Waals surface area contributed by atoms with Gasteiger partial charge in [-0.3, -0.25) is 9.78 Å². The van der Waals surface area contributed by atoms with Gasteiger partial charge < -0.3 is 14.8 Å². The first-order valence-electron chi connectivity index (χ1n) is 9.14. The van der Waals surface area contributed by atoms with Crippen molar-refractivity contribution in [3.8, 4) is 5.75 Å². The van der Waals surface area contributed by atoms with E-state index in [2.05, 4.69) is 10.3 Å². The van der Waals surface area contributed by atoms with E-state index in [0.717, 1.165) is 24.0 Å². The number of rotatable bonds is 6. The Kier molecular flexibility index (Phi) is 6.23. The molecule has 1 N–H and O–H groups in total. The summed E-state index contributed by atoms with van der Waals surface area (Å²) in [5, 5.41) is 3.05. The SMILES string of the molecule is C[C@@H]1CC(C(=O)NCc2ccncc2OCc2ccccc2)C[C@H](C)O1. The molecule has 1 fully saturated rings. The maximum absolute atomic E-state index is 12.5. The lowest BCUT2D eigenvalue weighted by Gasteiger charge is -2.31. The predicted octanol–water partition coefficient (Wildman–Crippen LogP) is 3.48. The molecule has 1 aliphatic heterocycles. The fourth-order valence-corrected chi connectivity index (χ4v) is 3.37. The summed E-state index contributed by atoms with van der Waals surface area (Å²) >= 11 is 0. The highest BCUT2D eigenvalue weighted by Gasteiger charge is 2.29. The molecule has 1 amide bonds. The highest BCUT2D eigenvalue weighted by Crippen LogP contribution is 2.25. The molecule has 0 spiro atoms. The Morgan fingerprint density at radius 2 is 1.92 bits per heavy atom. The minimum Gasteiger partial charge on any atom is -0.487 e. The normalized spacial score (nSPS) is 22.6. The average molecular weight is 354 g/mol. The minimum absolute atomic E-state index is 0.00396. The summed E-state index contributed by atoms with van der Waals surface area (Å²) in [7, 11) is 0. The van der Waals surface area contributed by atoms with Gasteiger partial charge in [0, 0.05) is 24.2 Å². The molecule has 1 unspecified atom stereocenters. The van der Waals surface area contributed by atoms with E-state index in [1.807, 2.05) is 50.2 Å². The summed E-state index contributed by atoms with van der Waals surface area (Å²) in [6.45, 7) is 4.96. The van der Waals surface area contributed by atoms with E-state index in [4.69, 9.17) is 9.47 Å². The first-order chi connectivity index (χ1) is 12.6. The van der Waals surface area contributed by atoms with Gasteiger partial charge in [0.25, 0.3) is 0 Å². The van der Waals surface area contributed by atoms with Crippen molar-refractivity contribution < 1.29 is 14.3 Å². The fraction of sp³-hybridized carbons (Fsp3) is 0.429. The molecule has 3 atom stereocenters. The molecule has 1 aliphatic rings. The van der Waals surface area contributed by atoms with Gasteiger partial charge in [-0.15, -0.1) is 0 Å². The summed E-state index contributed by atoms with van der Waals surface area (Å²) in [5.74, 6) is 0.785. The lowest BCUT2D eigenvalue weighted by atomic mass is 9.92. The molecule has 0 saturated carbocycles. The minimum atomic E-state index is 0.00396. The first-order valence-corrected chi connectivity index (χ1v) is 9.14. The monoisotopic (exact) mass is 354 g/mol. The van der Waals surface area contributed by atoms with E-state index in [1.165, 1.54) is 0 Å². The van der Waals surface area contributed by atoms with Crippen molar-refractivity contribution in [1.82, 2.24) is 10.3 Å². The van der Waals surface area contributed by atoms with Gasteiger partial charge in [0.15, 0.2) is 0 Å². The van der Waals surface area contributed by atoms with Gasteiger partial charge in [-0.25, -0.2) is 0 Å². The molecule has 1 aromatic carbocycles. The van der Waals surface area contributed by atoms with Gasteiger partial charge in [0.2, 0.25) is 5.91 Å². The van der Waals surface area contributed by atoms with Gasteiger partial charge in [-0.1, -0.05) is 30.3 Å². The van der Waals surface area contributed by atoms with Crippen LogP contribution in [0.1, 0.15) is 37.8 Å². The summed E-state index contributed by atoms with van der Waals surface area (Å²) in [4.78, 5) is 16.7. The average Bonchev–Trinajstić information content (AvgIpc) is 2.65. The Balaban J connectivity index is 1.57. The number of carbonyl (C=O) groups is 1. The zero-order valence-electron chi connectivity index (χ0n) is 15.4. The zero-order chi connectivity index (χ0) is 18.4. The van der Waals surface area contributed by atoms with Crippen LogP contribution in [0.2, 0.25) is 0 Å². The quantitative estimate of drug-likeness (QED) is 0.863. The van der Waals surface area contributed by atoms with Crippen molar-refractivity contribution >= 4 is 5.91 Å². The molecule has 1 aromatic heterocycles. The Hall–Kier alpha value is -2.40. The van der Waals surface area contributed by atoms with Crippen LogP contribution in [0.4, 0.5) is 0 Å². The molecule has 0 bridgehead atoms.